The number of pyridine rings is 1. The van der Waals surface area contributed by atoms with Gasteiger partial charge >= 0.3 is 0 Å². The van der Waals surface area contributed by atoms with Crippen molar-refractivity contribution < 1.29 is 13.9 Å². The number of rotatable bonds is 3. The average Bonchev–Trinajstić information content (AvgIpc) is 2.17. The number of aromatic nitrogens is 1. The Kier molecular flexibility index (Phi) is 3.74. The molecule has 6 heteroatoms. The van der Waals surface area contributed by atoms with Gasteiger partial charge in [-0.1, -0.05) is 11.6 Å². The van der Waals surface area contributed by atoms with E-state index in [1.165, 1.54) is 6.20 Å². The molecule has 14 heavy (non-hydrogen) atoms. The van der Waals surface area contributed by atoms with E-state index in [2.05, 4.69) is 4.98 Å². The van der Waals surface area contributed by atoms with Crippen LogP contribution in [-0.4, -0.2) is 10.1 Å². The first-order valence-corrected chi connectivity index (χ1v) is 4.24. The van der Waals surface area contributed by atoms with Gasteiger partial charge in [0.05, 0.1) is 17.3 Å². The van der Waals surface area contributed by atoms with Crippen molar-refractivity contribution in [1.29, 1.82) is 0 Å². The second-order valence-electron chi connectivity index (χ2n) is 2.61. The van der Waals surface area contributed by atoms with Gasteiger partial charge in [-0.25, -0.2) is 8.78 Å². The largest absolute Gasteiger partial charge is 0.390 e. The Balaban J connectivity index is 3.36. The van der Waals surface area contributed by atoms with Crippen LogP contribution < -0.4 is 5.73 Å². The predicted octanol–water partition coefficient (Wildman–Crippen LogP) is 1.62. The molecule has 0 saturated carbocycles. The van der Waals surface area contributed by atoms with Gasteiger partial charge in [-0.15, -0.1) is 0 Å². The molecule has 1 rings (SSSR count). The van der Waals surface area contributed by atoms with E-state index in [1.807, 2.05) is 0 Å². The fourth-order valence-electron chi connectivity index (χ4n) is 1.18. The molecule has 1 heterocycles. The van der Waals surface area contributed by atoms with Crippen molar-refractivity contribution in [3.8, 4) is 0 Å². The highest BCUT2D eigenvalue weighted by atomic mass is 35.5. The number of aliphatic hydroxyl groups excluding tert-OH is 1. The van der Waals surface area contributed by atoms with Gasteiger partial charge < -0.3 is 10.8 Å². The lowest BCUT2D eigenvalue weighted by Crippen LogP contribution is -2.08. The number of hydrogen-bond donors (Lipinski definition) is 2. The SMILES string of the molecule is NCc1c(Cl)cnc(CO)c1C(F)F. The number of halogens is 3. The summed E-state index contributed by atoms with van der Waals surface area (Å²) in [5.41, 5.74) is 4.99. The Morgan fingerprint density at radius 3 is 2.64 bits per heavy atom. The Hall–Kier alpha value is -0.780. The molecule has 3 N–H and O–H groups in total. The van der Waals surface area contributed by atoms with Gasteiger partial charge in [0, 0.05) is 18.3 Å². The summed E-state index contributed by atoms with van der Waals surface area (Å²) in [6.45, 7) is -0.655. The first kappa shape index (κ1) is 11.3. The van der Waals surface area contributed by atoms with Gasteiger partial charge in [0.1, 0.15) is 0 Å². The molecule has 0 radical (unpaired) electrons. The van der Waals surface area contributed by atoms with Crippen molar-refractivity contribution in [2.45, 2.75) is 19.6 Å². The van der Waals surface area contributed by atoms with Gasteiger partial charge in [0.25, 0.3) is 6.43 Å². The number of alkyl halides is 2. The third kappa shape index (κ3) is 2.00. The maximum atomic E-state index is 12.6. The minimum absolute atomic E-state index is 0.0788. The molecule has 78 valence electrons. The smallest absolute Gasteiger partial charge is 0.266 e. The Labute approximate surface area is 84.5 Å². The highest BCUT2D eigenvalue weighted by Gasteiger charge is 2.20. The van der Waals surface area contributed by atoms with Gasteiger partial charge in [-0.3, -0.25) is 4.98 Å². The minimum Gasteiger partial charge on any atom is -0.390 e. The molecular formula is C8H9ClF2N2O. The van der Waals surface area contributed by atoms with Crippen LogP contribution in [0, 0.1) is 0 Å². The fourth-order valence-corrected chi connectivity index (χ4v) is 1.40. The normalized spacial score (nSPS) is 11.0. The summed E-state index contributed by atoms with van der Waals surface area (Å²) in [5, 5.41) is 8.90. The lowest BCUT2D eigenvalue weighted by molar-refractivity contribution is 0.145. The van der Waals surface area contributed by atoms with Crippen LogP contribution >= 0.6 is 11.6 Å². The van der Waals surface area contributed by atoms with E-state index in [1.54, 1.807) is 0 Å². The first-order chi connectivity index (χ1) is 6.61. The summed E-state index contributed by atoms with van der Waals surface area (Å²) in [6, 6.07) is 0. The Morgan fingerprint density at radius 1 is 1.57 bits per heavy atom. The Morgan fingerprint density at radius 2 is 2.21 bits per heavy atom. The summed E-state index contributed by atoms with van der Waals surface area (Å²) in [4.78, 5) is 3.61. The second kappa shape index (κ2) is 4.63. The highest BCUT2D eigenvalue weighted by molar-refractivity contribution is 6.31. The van der Waals surface area contributed by atoms with Crippen molar-refractivity contribution in [3.05, 3.63) is 28.0 Å². The summed E-state index contributed by atoms with van der Waals surface area (Å²) in [7, 11) is 0. The van der Waals surface area contributed by atoms with Crippen LogP contribution in [-0.2, 0) is 13.2 Å². The molecule has 0 aliphatic rings. The fraction of sp³-hybridized carbons (Fsp3) is 0.375. The van der Waals surface area contributed by atoms with Gasteiger partial charge in [-0.05, 0) is 5.56 Å². The zero-order valence-corrected chi connectivity index (χ0v) is 7.93. The van der Waals surface area contributed by atoms with Crippen LogP contribution in [0.3, 0.4) is 0 Å². The van der Waals surface area contributed by atoms with Crippen LogP contribution in [0.2, 0.25) is 5.02 Å². The molecule has 0 aliphatic carbocycles. The topological polar surface area (TPSA) is 59.1 Å². The van der Waals surface area contributed by atoms with Crippen molar-refractivity contribution >= 4 is 11.6 Å². The number of hydrogen-bond acceptors (Lipinski definition) is 3. The molecule has 3 nitrogen and oxygen atoms in total. The molecule has 0 aromatic carbocycles. The van der Waals surface area contributed by atoms with Gasteiger partial charge in [0.2, 0.25) is 0 Å². The molecule has 0 saturated heterocycles. The summed E-state index contributed by atoms with van der Waals surface area (Å²) >= 11 is 5.65. The summed E-state index contributed by atoms with van der Waals surface area (Å²) in [5.74, 6) is 0. The zero-order chi connectivity index (χ0) is 10.7. The number of nitrogens with zero attached hydrogens (tertiary/aromatic N) is 1. The lowest BCUT2D eigenvalue weighted by Gasteiger charge is -2.11. The monoisotopic (exact) mass is 222 g/mol. The van der Waals surface area contributed by atoms with Crippen molar-refractivity contribution in [1.82, 2.24) is 4.98 Å². The van der Waals surface area contributed by atoms with Crippen molar-refractivity contribution in [2.24, 2.45) is 5.73 Å². The third-order valence-electron chi connectivity index (χ3n) is 1.83. The zero-order valence-electron chi connectivity index (χ0n) is 7.17. The van der Waals surface area contributed by atoms with Gasteiger partial charge in [-0.2, -0.15) is 0 Å². The second-order valence-corrected chi connectivity index (χ2v) is 3.02. The quantitative estimate of drug-likeness (QED) is 0.817. The van der Waals surface area contributed by atoms with Gasteiger partial charge in [0.15, 0.2) is 0 Å². The molecule has 0 fully saturated rings. The lowest BCUT2D eigenvalue weighted by atomic mass is 10.1. The van der Waals surface area contributed by atoms with E-state index in [-0.39, 0.29) is 28.4 Å². The maximum Gasteiger partial charge on any atom is 0.266 e. The maximum absolute atomic E-state index is 12.6. The first-order valence-electron chi connectivity index (χ1n) is 3.87. The molecular weight excluding hydrogens is 214 g/mol. The Bertz CT molecular complexity index is 333. The van der Waals surface area contributed by atoms with E-state index < -0.39 is 13.0 Å². The number of nitrogens with two attached hydrogens (primary N) is 1. The number of aliphatic hydroxyl groups is 1. The summed E-state index contributed by atoms with van der Waals surface area (Å²) < 4.78 is 25.2. The van der Waals surface area contributed by atoms with E-state index in [9.17, 15) is 8.78 Å². The summed E-state index contributed by atoms with van der Waals surface area (Å²) in [6.07, 6.45) is -1.52. The van der Waals surface area contributed by atoms with E-state index >= 15 is 0 Å². The van der Waals surface area contributed by atoms with E-state index in [0.717, 1.165) is 0 Å². The van der Waals surface area contributed by atoms with Crippen LogP contribution in [0.4, 0.5) is 8.78 Å². The standard InChI is InChI=1S/C8H9ClF2N2O/c9-5-2-13-6(3-14)7(8(10)11)4(5)1-12/h2,8,14H,1,3,12H2. The van der Waals surface area contributed by atoms with Crippen molar-refractivity contribution in [2.75, 3.05) is 0 Å². The third-order valence-corrected chi connectivity index (χ3v) is 2.16. The molecule has 0 amide bonds. The highest BCUT2D eigenvalue weighted by Crippen LogP contribution is 2.29. The molecule has 0 atom stereocenters. The minimum atomic E-state index is -2.73. The predicted molar refractivity (Wildman–Crippen MR) is 48.0 cm³/mol. The van der Waals surface area contributed by atoms with E-state index in [0.29, 0.717) is 0 Å². The van der Waals surface area contributed by atoms with Crippen molar-refractivity contribution in [3.63, 3.8) is 0 Å². The van der Waals surface area contributed by atoms with Crippen LogP contribution in [0.1, 0.15) is 23.2 Å². The molecule has 0 aliphatic heterocycles. The van der Waals surface area contributed by atoms with Crippen LogP contribution in [0.15, 0.2) is 6.20 Å². The molecule has 1 aromatic rings. The average molecular weight is 223 g/mol. The molecule has 0 unspecified atom stereocenters. The molecule has 0 spiro atoms. The van der Waals surface area contributed by atoms with Crippen LogP contribution in [0.25, 0.3) is 0 Å². The molecule has 0 bridgehead atoms. The van der Waals surface area contributed by atoms with E-state index in [4.69, 9.17) is 22.4 Å². The van der Waals surface area contributed by atoms with Crippen LogP contribution in [0.5, 0.6) is 0 Å². The molecule has 1 aromatic heterocycles.